The predicted molar refractivity (Wildman–Crippen MR) is 146 cm³/mol. The first kappa shape index (κ1) is 26.6. The van der Waals surface area contributed by atoms with Gasteiger partial charge in [-0.2, -0.15) is 0 Å². The van der Waals surface area contributed by atoms with Gasteiger partial charge in [0.1, 0.15) is 6.04 Å². The summed E-state index contributed by atoms with van der Waals surface area (Å²) in [6, 6.07) is 27.7. The van der Waals surface area contributed by atoms with Gasteiger partial charge in [0.15, 0.2) is 0 Å². The van der Waals surface area contributed by atoms with Gasteiger partial charge in [0.2, 0.25) is 11.8 Å². The van der Waals surface area contributed by atoms with E-state index >= 15 is 0 Å². The monoisotopic (exact) mass is 488 g/mol. The highest BCUT2D eigenvalue weighted by Gasteiger charge is 2.30. The molecule has 3 aromatic rings. The zero-order valence-corrected chi connectivity index (χ0v) is 21.8. The van der Waals surface area contributed by atoms with Gasteiger partial charge in [0, 0.05) is 24.8 Å². The van der Waals surface area contributed by atoms with Crippen molar-refractivity contribution >= 4 is 23.6 Å². The maximum absolute atomic E-state index is 13.6. The zero-order chi connectivity index (χ0) is 25.0. The van der Waals surface area contributed by atoms with Crippen LogP contribution in [0.4, 0.5) is 0 Å². The second kappa shape index (κ2) is 13.7. The highest BCUT2D eigenvalue weighted by Crippen LogP contribution is 2.19. The Hall–Kier alpha value is -3.05. The van der Waals surface area contributed by atoms with Gasteiger partial charge in [0.25, 0.3) is 0 Å². The fourth-order valence-corrected chi connectivity index (χ4v) is 4.77. The van der Waals surface area contributed by atoms with Crippen LogP contribution >= 0.6 is 11.8 Å². The summed E-state index contributed by atoms with van der Waals surface area (Å²) in [6.07, 6.45) is 1.31. The molecule has 0 heterocycles. The maximum Gasteiger partial charge on any atom is 0.243 e. The van der Waals surface area contributed by atoms with Crippen LogP contribution < -0.4 is 5.32 Å². The lowest BCUT2D eigenvalue weighted by Crippen LogP contribution is -2.52. The Morgan fingerprint density at radius 3 is 2.14 bits per heavy atom. The third-order valence-corrected chi connectivity index (χ3v) is 7.03. The summed E-state index contributed by atoms with van der Waals surface area (Å²) in [5.41, 5.74) is 4.46. The molecule has 0 aromatic heterocycles. The van der Waals surface area contributed by atoms with Crippen LogP contribution in [0.15, 0.2) is 84.9 Å². The van der Waals surface area contributed by atoms with E-state index in [4.69, 9.17) is 0 Å². The van der Waals surface area contributed by atoms with Gasteiger partial charge in [-0.3, -0.25) is 9.59 Å². The number of carbonyl (C=O) groups excluding carboxylic acids is 2. The molecule has 3 rings (SSSR count). The number of carbonyl (C=O) groups is 2. The average Bonchev–Trinajstić information content (AvgIpc) is 2.87. The molecule has 35 heavy (non-hydrogen) atoms. The second-order valence-electron chi connectivity index (χ2n) is 9.01. The van der Waals surface area contributed by atoms with Crippen molar-refractivity contribution in [2.45, 2.75) is 58.0 Å². The van der Waals surface area contributed by atoms with Crippen LogP contribution in [-0.2, 0) is 28.3 Å². The highest BCUT2D eigenvalue weighted by atomic mass is 32.2. The van der Waals surface area contributed by atoms with Gasteiger partial charge >= 0.3 is 0 Å². The van der Waals surface area contributed by atoms with Crippen molar-refractivity contribution in [1.29, 1.82) is 0 Å². The molecule has 2 atom stereocenters. The molecular weight excluding hydrogens is 452 g/mol. The van der Waals surface area contributed by atoms with Crippen LogP contribution in [0.1, 0.15) is 42.5 Å². The minimum Gasteiger partial charge on any atom is -0.352 e. The first-order chi connectivity index (χ1) is 17.0. The summed E-state index contributed by atoms with van der Waals surface area (Å²) in [5, 5.41) is 3.12. The normalized spacial score (nSPS) is 12.5. The molecule has 0 aliphatic heterocycles. The smallest absolute Gasteiger partial charge is 0.243 e. The number of benzene rings is 3. The Balaban J connectivity index is 1.83. The minimum atomic E-state index is -0.585. The number of aryl methyl sites for hydroxylation is 1. The average molecular weight is 489 g/mol. The number of rotatable bonds is 12. The lowest BCUT2D eigenvalue weighted by molar-refractivity contribution is -0.139. The van der Waals surface area contributed by atoms with Crippen LogP contribution in [0.25, 0.3) is 0 Å². The standard InChI is InChI=1S/C30H36N2O2S/c1-4-24(3)31-30(34)28(19-25-13-7-5-8-14-25)32(20-26-15-9-6-10-16-26)29(33)22-35-21-27-17-11-12-23(2)18-27/h5-18,24,28H,4,19-22H2,1-3H3,(H,31,34). The molecule has 0 bridgehead atoms. The molecule has 5 heteroatoms. The largest absolute Gasteiger partial charge is 0.352 e. The highest BCUT2D eigenvalue weighted by molar-refractivity contribution is 7.99. The zero-order valence-electron chi connectivity index (χ0n) is 20.9. The van der Waals surface area contributed by atoms with E-state index in [0.29, 0.717) is 18.7 Å². The van der Waals surface area contributed by atoms with Crippen molar-refractivity contribution in [2.75, 3.05) is 5.75 Å². The summed E-state index contributed by atoms with van der Waals surface area (Å²) in [5.74, 6) is 0.959. The van der Waals surface area contributed by atoms with Crippen LogP contribution in [0.5, 0.6) is 0 Å². The van der Waals surface area contributed by atoms with Crippen molar-refractivity contribution in [2.24, 2.45) is 0 Å². The van der Waals surface area contributed by atoms with E-state index in [-0.39, 0.29) is 17.9 Å². The van der Waals surface area contributed by atoms with Gasteiger partial charge in [-0.1, -0.05) is 97.4 Å². The molecule has 1 N–H and O–H groups in total. The fourth-order valence-electron chi connectivity index (χ4n) is 3.92. The summed E-state index contributed by atoms with van der Waals surface area (Å²) in [7, 11) is 0. The minimum absolute atomic E-state index is 0.0215. The molecule has 184 valence electrons. The van der Waals surface area contributed by atoms with E-state index in [1.807, 2.05) is 80.6 Å². The quantitative estimate of drug-likeness (QED) is 0.351. The SMILES string of the molecule is CCC(C)NC(=O)C(Cc1ccccc1)N(Cc1ccccc1)C(=O)CSCc1cccc(C)c1. The first-order valence-corrected chi connectivity index (χ1v) is 13.4. The molecular formula is C30H36N2O2S. The number of hydrogen-bond donors (Lipinski definition) is 1. The molecule has 0 saturated carbocycles. The first-order valence-electron chi connectivity index (χ1n) is 12.3. The molecule has 2 amide bonds. The number of nitrogens with zero attached hydrogens (tertiary/aromatic N) is 1. The molecule has 0 aliphatic rings. The van der Waals surface area contributed by atoms with Crippen molar-refractivity contribution in [3.63, 3.8) is 0 Å². The van der Waals surface area contributed by atoms with E-state index in [2.05, 4.69) is 30.4 Å². The predicted octanol–water partition coefficient (Wildman–Crippen LogP) is 5.78. The number of nitrogens with one attached hydrogen (secondary N) is 1. The summed E-state index contributed by atoms with van der Waals surface area (Å²) in [4.78, 5) is 28.9. The molecule has 0 fully saturated rings. The Labute approximate surface area is 214 Å². The molecule has 0 spiro atoms. The van der Waals surface area contributed by atoms with Gasteiger partial charge in [-0.05, 0) is 37.0 Å². The van der Waals surface area contributed by atoms with E-state index in [0.717, 1.165) is 23.3 Å². The van der Waals surface area contributed by atoms with Crippen molar-refractivity contribution in [1.82, 2.24) is 10.2 Å². The van der Waals surface area contributed by atoms with Gasteiger partial charge in [-0.15, -0.1) is 11.8 Å². The molecule has 0 aliphatic carbocycles. The van der Waals surface area contributed by atoms with Crippen LogP contribution in [-0.4, -0.2) is 34.6 Å². The Bertz CT molecular complexity index is 1070. The number of amides is 2. The summed E-state index contributed by atoms with van der Waals surface area (Å²) >= 11 is 1.59. The van der Waals surface area contributed by atoms with Crippen molar-refractivity contribution in [3.05, 3.63) is 107 Å². The van der Waals surface area contributed by atoms with E-state index in [1.165, 1.54) is 11.1 Å². The molecule has 3 aromatic carbocycles. The van der Waals surface area contributed by atoms with Crippen LogP contribution in [0, 0.1) is 6.92 Å². The van der Waals surface area contributed by atoms with E-state index < -0.39 is 6.04 Å². The Kier molecular flexibility index (Phi) is 10.4. The fraction of sp³-hybridized carbons (Fsp3) is 0.333. The van der Waals surface area contributed by atoms with E-state index in [9.17, 15) is 9.59 Å². The Morgan fingerprint density at radius 1 is 0.886 bits per heavy atom. The van der Waals surface area contributed by atoms with Crippen molar-refractivity contribution in [3.8, 4) is 0 Å². The Morgan fingerprint density at radius 2 is 1.51 bits per heavy atom. The molecule has 2 unspecified atom stereocenters. The maximum atomic E-state index is 13.6. The summed E-state index contributed by atoms with van der Waals surface area (Å²) in [6.45, 7) is 6.52. The van der Waals surface area contributed by atoms with Gasteiger partial charge < -0.3 is 10.2 Å². The van der Waals surface area contributed by atoms with Crippen LogP contribution in [0.2, 0.25) is 0 Å². The van der Waals surface area contributed by atoms with Crippen molar-refractivity contribution < 1.29 is 9.59 Å². The van der Waals surface area contributed by atoms with Gasteiger partial charge in [-0.25, -0.2) is 0 Å². The lowest BCUT2D eigenvalue weighted by Gasteiger charge is -2.32. The molecule has 0 radical (unpaired) electrons. The van der Waals surface area contributed by atoms with E-state index in [1.54, 1.807) is 16.7 Å². The van der Waals surface area contributed by atoms with Gasteiger partial charge in [0.05, 0.1) is 5.75 Å². The second-order valence-corrected chi connectivity index (χ2v) is 10.00. The topological polar surface area (TPSA) is 49.4 Å². The lowest BCUT2D eigenvalue weighted by atomic mass is 10.0. The third kappa shape index (κ3) is 8.59. The van der Waals surface area contributed by atoms with Crippen LogP contribution in [0.3, 0.4) is 0 Å². The summed E-state index contributed by atoms with van der Waals surface area (Å²) < 4.78 is 0. The number of thioether (sulfide) groups is 1. The number of hydrogen-bond acceptors (Lipinski definition) is 3. The molecule has 4 nitrogen and oxygen atoms in total. The molecule has 0 saturated heterocycles. The third-order valence-electron chi connectivity index (χ3n) is 6.04.